The van der Waals surface area contributed by atoms with Crippen LogP contribution in [0.5, 0.6) is 0 Å². The Balaban J connectivity index is 2.43. The third-order valence-corrected chi connectivity index (χ3v) is 2.38. The summed E-state index contributed by atoms with van der Waals surface area (Å²) in [6.45, 7) is 0. The molecule has 0 N–H and O–H groups in total. The highest BCUT2D eigenvalue weighted by atomic mass is 16.5. The molecule has 3 nitrogen and oxygen atoms in total. The van der Waals surface area contributed by atoms with Crippen LogP contribution < -0.4 is 0 Å². The van der Waals surface area contributed by atoms with E-state index in [9.17, 15) is 9.59 Å². The average Bonchev–Trinajstić information content (AvgIpc) is 2.24. The molecule has 0 aromatic heterocycles. The summed E-state index contributed by atoms with van der Waals surface area (Å²) >= 11 is 0. The molecule has 0 bridgehead atoms. The second-order valence-electron chi connectivity index (χ2n) is 3.35. The highest BCUT2D eigenvalue weighted by Gasteiger charge is 2.21. The minimum Gasteiger partial charge on any atom is -0.465 e. The number of esters is 1. The number of ketones is 1. The van der Waals surface area contributed by atoms with E-state index < -0.39 is 0 Å². The maximum Gasteiger partial charge on any atom is 0.338 e. The summed E-state index contributed by atoms with van der Waals surface area (Å²) in [5.74, 6) is -0.268. The lowest BCUT2D eigenvalue weighted by molar-refractivity contribution is -0.114. The largest absolute Gasteiger partial charge is 0.465 e. The van der Waals surface area contributed by atoms with E-state index in [1.54, 1.807) is 18.2 Å². The number of methoxy groups -OCH3 is 1. The van der Waals surface area contributed by atoms with Crippen LogP contribution in [0.2, 0.25) is 0 Å². The number of allylic oxidation sites excluding steroid dienone is 2. The number of ether oxygens (including phenoxy) is 1. The lowest BCUT2D eigenvalue weighted by Crippen LogP contribution is -2.12. The third-order valence-electron chi connectivity index (χ3n) is 2.38. The molecule has 1 aromatic rings. The number of carbonyl (C=O) groups is 2. The van der Waals surface area contributed by atoms with Gasteiger partial charge in [-0.1, -0.05) is 18.2 Å². The number of hydrogen-bond donors (Lipinski definition) is 0. The van der Waals surface area contributed by atoms with Gasteiger partial charge < -0.3 is 4.74 Å². The van der Waals surface area contributed by atoms with Crippen LogP contribution in [-0.2, 0) is 9.53 Å². The van der Waals surface area contributed by atoms with Crippen molar-refractivity contribution in [3.05, 3.63) is 41.5 Å². The predicted molar refractivity (Wildman–Crippen MR) is 55.4 cm³/mol. The topological polar surface area (TPSA) is 43.4 Å². The van der Waals surface area contributed by atoms with E-state index in [-0.39, 0.29) is 11.8 Å². The number of benzene rings is 1. The van der Waals surface area contributed by atoms with Crippen LogP contribution >= 0.6 is 0 Å². The number of rotatable bonds is 2. The molecule has 1 aliphatic carbocycles. The Kier molecular flexibility index (Phi) is 2.37. The molecule has 0 aliphatic heterocycles. The highest BCUT2D eigenvalue weighted by Crippen LogP contribution is 2.29. The zero-order valence-electron chi connectivity index (χ0n) is 8.32. The molecular weight excluding hydrogens is 192 g/mol. The smallest absolute Gasteiger partial charge is 0.338 e. The van der Waals surface area contributed by atoms with E-state index in [1.807, 2.05) is 12.1 Å². The highest BCUT2D eigenvalue weighted by molar-refractivity contribution is 6.13. The first-order chi connectivity index (χ1) is 7.22. The van der Waals surface area contributed by atoms with Gasteiger partial charge in [0, 0.05) is 6.42 Å². The maximum atomic E-state index is 11.4. The lowest BCUT2D eigenvalue weighted by Gasteiger charge is -2.15. The minimum atomic E-state index is -0.370. The second-order valence-corrected chi connectivity index (χ2v) is 3.35. The van der Waals surface area contributed by atoms with Gasteiger partial charge in [0.2, 0.25) is 0 Å². The van der Waals surface area contributed by atoms with Crippen LogP contribution in [0.3, 0.4) is 0 Å². The van der Waals surface area contributed by atoms with Gasteiger partial charge >= 0.3 is 5.97 Å². The summed E-state index contributed by atoms with van der Waals surface area (Å²) in [6, 6.07) is 7.14. The minimum absolute atomic E-state index is 0.102. The fraction of sp³-hybridized carbons (Fsp3) is 0.167. The van der Waals surface area contributed by atoms with Crippen molar-refractivity contribution in [2.45, 2.75) is 6.42 Å². The van der Waals surface area contributed by atoms with Crippen LogP contribution in [0.15, 0.2) is 30.3 Å². The maximum absolute atomic E-state index is 11.4. The number of carbonyl (C=O) groups excluding carboxylic acids is 2. The van der Waals surface area contributed by atoms with Gasteiger partial charge in [-0.2, -0.15) is 0 Å². The molecule has 0 unspecified atom stereocenters. The molecule has 0 atom stereocenters. The molecule has 1 aliphatic rings. The van der Waals surface area contributed by atoms with Gasteiger partial charge in [0.25, 0.3) is 0 Å². The molecule has 76 valence electrons. The van der Waals surface area contributed by atoms with E-state index in [0.717, 1.165) is 11.1 Å². The van der Waals surface area contributed by atoms with Gasteiger partial charge in [0.1, 0.15) is 0 Å². The summed E-state index contributed by atoms with van der Waals surface area (Å²) in [4.78, 5) is 22.3. The molecule has 0 saturated carbocycles. The van der Waals surface area contributed by atoms with Crippen LogP contribution in [0, 0.1) is 0 Å². The van der Waals surface area contributed by atoms with E-state index in [0.29, 0.717) is 12.0 Å². The SMILES string of the molecule is COC(=O)c1ccccc1C1=CC(=O)C1. The van der Waals surface area contributed by atoms with Crippen molar-refractivity contribution in [3.63, 3.8) is 0 Å². The summed E-state index contributed by atoms with van der Waals surface area (Å²) < 4.78 is 4.67. The van der Waals surface area contributed by atoms with Gasteiger partial charge in [0.15, 0.2) is 5.78 Å². The van der Waals surface area contributed by atoms with E-state index in [2.05, 4.69) is 4.74 Å². The van der Waals surface area contributed by atoms with Crippen molar-refractivity contribution in [2.24, 2.45) is 0 Å². The Hall–Kier alpha value is -1.90. The van der Waals surface area contributed by atoms with Crippen LogP contribution in [0.4, 0.5) is 0 Å². The normalized spacial score (nSPS) is 14.2. The van der Waals surface area contributed by atoms with Crippen molar-refractivity contribution in [1.29, 1.82) is 0 Å². The monoisotopic (exact) mass is 202 g/mol. The molecule has 0 amide bonds. The molecule has 0 radical (unpaired) electrons. The van der Waals surface area contributed by atoms with Crippen molar-refractivity contribution in [1.82, 2.24) is 0 Å². The van der Waals surface area contributed by atoms with Gasteiger partial charge in [-0.3, -0.25) is 4.79 Å². The average molecular weight is 202 g/mol. The first kappa shape index (κ1) is 9.65. The Morgan fingerprint density at radius 3 is 2.60 bits per heavy atom. The van der Waals surface area contributed by atoms with E-state index >= 15 is 0 Å². The zero-order chi connectivity index (χ0) is 10.8. The Morgan fingerprint density at radius 2 is 2.00 bits per heavy atom. The summed E-state index contributed by atoms with van der Waals surface area (Å²) in [5.41, 5.74) is 2.21. The van der Waals surface area contributed by atoms with Crippen LogP contribution in [-0.4, -0.2) is 18.9 Å². The van der Waals surface area contributed by atoms with Crippen molar-refractivity contribution < 1.29 is 14.3 Å². The third kappa shape index (κ3) is 1.68. The summed E-state index contributed by atoms with van der Waals surface area (Å²) in [5, 5.41) is 0. The van der Waals surface area contributed by atoms with Gasteiger partial charge in [-0.25, -0.2) is 4.79 Å². The molecule has 1 aromatic carbocycles. The Morgan fingerprint density at radius 1 is 1.33 bits per heavy atom. The van der Waals surface area contributed by atoms with Crippen LogP contribution in [0.1, 0.15) is 22.3 Å². The Bertz CT molecular complexity index is 458. The van der Waals surface area contributed by atoms with Crippen LogP contribution in [0.25, 0.3) is 5.57 Å². The molecule has 0 spiro atoms. The van der Waals surface area contributed by atoms with Crippen molar-refractivity contribution in [3.8, 4) is 0 Å². The first-order valence-corrected chi connectivity index (χ1v) is 4.63. The van der Waals surface area contributed by atoms with Gasteiger partial charge in [-0.05, 0) is 23.3 Å². The van der Waals surface area contributed by atoms with Crippen molar-refractivity contribution >= 4 is 17.3 Å². The van der Waals surface area contributed by atoms with E-state index in [1.165, 1.54) is 7.11 Å². The molecular formula is C12H10O3. The molecule has 0 saturated heterocycles. The standard InChI is InChI=1S/C12H10O3/c1-15-12(14)11-5-3-2-4-10(11)8-6-9(13)7-8/h2-6H,7H2,1H3. The lowest BCUT2D eigenvalue weighted by atomic mass is 9.88. The zero-order valence-corrected chi connectivity index (χ0v) is 8.32. The van der Waals surface area contributed by atoms with Gasteiger partial charge in [-0.15, -0.1) is 0 Å². The summed E-state index contributed by atoms with van der Waals surface area (Å²) in [6.07, 6.45) is 1.97. The predicted octanol–water partition coefficient (Wildman–Crippen LogP) is 1.83. The molecule has 3 heteroatoms. The quantitative estimate of drug-likeness (QED) is 0.687. The molecule has 15 heavy (non-hydrogen) atoms. The van der Waals surface area contributed by atoms with E-state index in [4.69, 9.17) is 0 Å². The molecule has 2 rings (SSSR count). The molecule has 0 fully saturated rings. The van der Waals surface area contributed by atoms with Crippen molar-refractivity contribution in [2.75, 3.05) is 7.11 Å². The summed E-state index contributed by atoms with van der Waals surface area (Å²) in [7, 11) is 1.35. The fourth-order valence-electron chi connectivity index (χ4n) is 1.58. The first-order valence-electron chi connectivity index (χ1n) is 4.63. The van der Waals surface area contributed by atoms with Gasteiger partial charge in [0.05, 0.1) is 12.7 Å². The fourth-order valence-corrected chi connectivity index (χ4v) is 1.58. The number of hydrogen-bond acceptors (Lipinski definition) is 3. The molecule has 0 heterocycles. The second kappa shape index (κ2) is 3.69. The Labute approximate surface area is 87.4 Å².